The lowest BCUT2D eigenvalue weighted by molar-refractivity contribution is -0.134. The van der Waals surface area contributed by atoms with Gasteiger partial charge in [0, 0.05) is 56.6 Å². The number of rotatable bonds is 17. The second-order valence-corrected chi connectivity index (χ2v) is 17.6. The SMILES string of the molecule is Cc1c(CCOCCC(=O)N(CCNCCc2cccc3c2OCC(=O)N3)C2CCCC2)cccc1CN1CCC2(CC1)CN(C(=O)c1csc(C(C)C)n1)CCO2. The average molecular weight is 815 g/mol. The number of hydrogen-bond donors (Lipinski definition) is 2. The first kappa shape index (κ1) is 42.3. The Bertz CT molecular complexity index is 1870. The molecule has 3 amide bonds. The van der Waals surface area contributed by atoms with Crippen molar-refractivity contribution in [2.45, 2.75) is 103 Å². The normalized spacial score (nSPS) is 18.3. The van der Waals surface area contributed by atoms with Crippen LogP contribution in [-0.2, 0) is 38.4 Å². The first-order valence-corrected chi connectivity index (χ1v) is 22.4. The van der Waals surface area contributed by atoms with Crippen molar-refractivity contribution >= 4 is 34.7 Å². The smallest absolute Gasteiger partial charge is 0.273 e. The number of carbonyl (C=O) groups is 3. The number of para-hydroxylation sites is 1. The number of amides is 3. The lowest BCUT2D eigenvalue weighted by Gasteiger charge is -2.47. The Balaban J connectivity index is 0.817. The van der Waals surface area contributed by atoms with E-state index in [1.807, 2.05) is 28.5 Å². The summed E-state index contributed by atoms with van der Waals surface area (Å²) < 4.78 is 18.2. The molecule has 4 heterocycles. The van der Waals surface area contributed by atoms with E-state index in [0.29, 0.717) is 63.5 Å². The van der Waals surface area contributed by atoms with Gasteiger partial charge >= 0.3 is 0 Å². The van der Waals surface area contributed by atoms with E-state index in [0.717, 1.165) is 93.3 Å². The van der Waals surface area contributed by atoms with E-state index < -0.39 is 0 Å². The van der Waals surface area contributed by atoms with Crippen molar-refractivity contribution in [3.05, 3.63) is 74.7 Å². The Kier molecular flexibility index (Phi) is 14.5. The zero-order valence-corrected chi connectivity index (χ0v) is 35.5. The zero-order chi connectivity index (χ0) is 40.5. The molecule has 58 heavy (non-hydrogen) atoms. The van der Waals surface area contributed by atoms with Gasteiger partial charge in [-0.1, -0.05) is 57.0 Å². The highest BCUT2D eigenvalue weighted by Gasteiger charge is 2.41. The van der Waals surface area contributed by atoms with Crippen LogP contribution in [0.25, 0.3) is 0 Å². The van der Waals surface area contributed by atoms with E-state index in [9.17, 15) is 14.4 Å². The van der Waals surface area contributed by atoms with Gasteiger partial charge in [0.1, 0.15) is 11.4 Å². The molecule has 0 atom stereocenters. The van der Waals surface area contributed by atoms with Gasteiger partial charge in [0.05, 0.1) is 49.1 Å². The molecule has 1 saturated carbocycles. The van der Waals surface area contributed by atoms with Crippen LogP contribution in [0.1, 0.15) is 102 Å². The topological polar surface area (TPSA) is 126 Å². The first-order chi connectivity index (χ1) is 28.2. The van der Waals surface area contributed by atoms with Crippen LogP contribution in [0.15, 0.2) is 41.8 Å². The quantitative estimate of drug-likeness (QED) is 0.159. The van der Waals surface area contributed by atoms with Crippen molar-refractivity contribution in [2.24, 2.45) is 0 Å². The van der Waals surface area contributed by atoms with Gasteiger partial charge in [-0.25, -0.2) is 4.98 Å². The lowest BCUT2D eigenvalue weighted by Crippen LogP contribution is -2.58. The molecule has 0 bridgehead atoms. The molecule has 1 aliphatic carbocycles. The number of likely N-dealkylation sites (tertiary alicyclic amines) is 1. The largest absolute Gasteiger partial charge is 0.481 e. The predicted octanol–water partition coefficient (Wildman–Crippen LogP) is 5.97. The van der Waals surface area contributed by atoms with Crippen LogP contribution in [0.4, 0.5) is 5.69 Å². The van der Waals surface area contributed by atoms with Crippen molar-refractivity contribution < 1.29 is 28.6 Å². The van der Waals surface area contributed by atoms with Crippen LogP contribution >= 0.6 is 11.3 Å². The summed E-state index contributed by atoms with van der Waals surface area (Å²) in [6.07, 6.45) is 8.27. The molecule has 0 radical (unpaired) electrons. The molecule has 3 aromatic rings. The highest BCUT2D eigenvalue weighted by molar-refractivity contribution is 7.09. The fourth-order valence-electron chi connectivity index (χ4n) is 8.91. The highest BCUT2D eigenvalue weighted by Crippen LogP contribution is 2.33. The van der Waals surface area contributed by atoms with Crippen molar-refractivity contribution in [3.63, 3.8) is 0 Å². The van der Waals surface area contributed by atoms with Crippen molar-refractivity contribution in [3.8, 4) is 5.75 Å². The number of fused-ring (bicyclic) bond motifs is 1. The summed E-state index contributed by atoms with van der Waals surface area (Å²) in [5.74, 6) is 1.15. The molecule has 2 saturated heterocycles. The number of aromatic nitrogens is 1. The minimum absolute atomic E-state index is 0.0240. The Morgan fingerprint density at radius 3 is 2.60 bits per heavy atom. The van der Waals surface area contributed by atoms with Crippen LogP contribution in [-0.4, -0.2) is 121 Å². The van der Waals surface area contributed by atoms with E-state index in [4.69, 9.17) is 14.2 Å². The summed E-state index contributed by atoms with van der Waals surface area (Å²) in [5, 5.41) is 9.31. The van der Waals surface area contributed by atoms with Gasteiger partial charge in [-0.3, -0.25) is 19.3 Å². The molecule has 0 unspecified atom stereocenters. The first-order valence-electron chi connectivity index (χ1n) is 21.5. The van der Waals surface area contributed by atoms with Crippen LogP contribution < -0.4 is 15.4 Å². The van der Waals surface area contributed by atoms with Gasteiger partial charge < -0.3 is 34.6 Å². The third-order valence-electron chi connectivity index (χ3n) is 12.4. The molecule has 1 aromatic heterocycles. The van der Waals surface area contributed by atoms with Gasteiger partial charge in [-0.2, -0.15) is 0 Å². The monoisotopic (exact) mass is 814 g/mol. The summed E-state index contributed by atoms with van der Waals surface area (Å²) in [6.45, 7) is 14.2. The summed E-state index contributed by atoms with van der Waals surface area (Å²) in [7, 11) is 0. The second-order valence-electron chi connectivity index (χ2n) is 16.7. The van der Waals surface area contributed by atoms with E-state index in [2.05, 4.69) is 64.4 Å². The van der Waals surface area contributed by atoms with Crippen molar-refractivity contribution in [2.75, 3.05) is 77.6 Å². The second kappa shape index (κ2) is 19.9. The van der Waals surface area contributed by atoms with Crippen molar-refractivity contribution in [1.82, 2.24) is 25.0 Å². The maximum atomic E-state index is 13.5. The molecule has 13 heteroatoms. The standard InChI is InChI=1S/C45H62N6O6S/c1-32(2)43-48-39(30-58-43)44(54)50-24-27-57-45(31-50)17-21-49(22-18-45)28-36-10-6-8-34(33(36)3)15-25-55-26-16-41(53)51(37-11-4-5-12-37)23-20-46-19-14-35-9-7-13-38-42(35)56-29-40(52)47-38/h6-10,13,30,32,37,46H,4-5,11-12,14-29,31H2,1-3H3,(H,47,52). The summed E-state index contributed by atoms with van der Waals surface area (Å²) >= 11 is 1.57. The molecule has 1 spiro atoms. The zero-order valence-electron chi connectivity index (χ0n) is 34.7. The summed E-state index contributed by atoms with van der Waals surface area (Å²) in [6, 6.07) is 12.7. The number of anilines is 1. The minimum Gasteiger partial charge on any atom is -0.481 e. The number of nitrogens with zero attached hydrogens (tertiary/aromatic N) is 4. The fraction of sp³-hybridized carbons (Fsp3) is 0.600. The molecule has 12 nitrogen and oxygen atoms in total. The lowest BCUT2D eigenvalue weighted by atomic mass is 9.88. The number of ether oxygens (including phenoxy) is 3. The van der Waals surface area contributed by atoms with E-state index in [1.54, 1.807) is 11.3 Å². The number of morpholine rings is 1. The van der Waals surface area contributed by atoms with E-state index in [1.165, 1.54) is 29.5 Å². The number of benzene rings is 2. The summed E-state index contributed by atoms with van der Waals surface area (Å²) in [4.78, 5) is 49.7. The van der Waals surface area contributed by atoms with Gasteiger partial charge in [0.15, 0.2) is 6.61 Å². The van der Waals surface area contributed by atoms with Gasteiger partial charge in [0.25, 0.3) is 11.8 Å². The molecule has 3 fully saturated rings. The number of nitrogens with one attached hydrogen (secondary N) is 2. The molecule has 2 aromatic carbocycles. The van der Waals surface area contributed by atoms with Gasteiger partial charge in [0.2, 0.25) is 5.91 Å². The average Bonchev–Trinajstić information content (AvgIpc) is 3.95. The van der Waals surface area contributed by atoms with Crippen LogP contribution in [0, 0.1) is 6.92 Å². The van der Waals surface area contributed by atoms with E-state index in [-0.39, 0.29) is 29.9 Å². The minimum atomic E-state index is -0.288. The summed E-state index contributed by atoms with van der Waals surface area (Å²) in [5.41, 5.74) is 6.00. The van der Waals surface area contributed by atoms with Crippen LogP contribution in [0.3, 0.4) is 0 Å². The number of hydrogen-bond acceptors (Lipinski definition) is 10. The van der Waals surface area contributed by atoms with Crippen LogP contribution in [0.2, 0.25) is 0 Å². The number of piperidine rings is 1. The molecular weight excluding hydrogens is 753 g/mol. The fourth-order valence-corrected chi connectivity index (χ4v) is 9.72. The maximum Gasteiger partial charge on any atom is 0.273 e. The van der Waals surface area contributed by atoms with E-state index >= 15 is 0 Å². The Morgan fingerprint density at radius 2 is 1.81 bits per heavy atom. The molecule has 2 N–H and O–H groups in total. The van der Waals surface area contributed by atoms with Crippen molar-refractivity contribution in [1.29, 1.82) is 0 Å². The Morgan fingerprint density at radius 1 is 1.03 bits per heavy atom. The van der Waals surface area contributed by atoms with Crippen LogP contribution in [0.5, 0.6) is 5.75 Å². The maximum absolute atomic E-state index is 13.5. The molecule has 7 rings (SSSR count). The predicted molar refractivity (Wildman–Crippen MR) is 227 cm³/mol. The third kappa shape index (κ3) is 10.6. The number of thiazole rings is 1. The Hall–Kier alpha value is -3.88. The third-order valence-corrected chi connectivity index (χ3v) is 13.5. The number of carbonyl (C=O) groups excluding carboxylic acids is 3. The molecule has 4 aliphatic rings. The Labute approximate surface area is 348 Å². The molecule has 3 aliphatic heterocycles. The van der Waals surface area contributed by atoms with Gasteiger partial charge in [-0.05, 0) is 80.3 Å². The molecular formula is C45H62N6O6S. The van der Waals surface area contributed by atoms with Gasteiger partial charge in [-0.15, -0.1) is 11.3 Å². The highest BCUT2D eigenvalue weighted by atomic mass is 32.1. The molecule has 314 valence electrons.